The predicted molar refractivity (Wildman–Crippen MR) is 106 cm³/mol. The van der Waals surface area contributed by atoms with Gasteiger partial charge in [-0.2, -0.15) is 0 Å². The van der Waals surface area contributed by atoms with Gasteiger partial charge in [0.1, 0.15) is 0 Å². The summed E-state index contributed by atoms with van der Waals surface area (Å²) in [5.41, 5.74) is 7.08. The summed E-state index contributed by atoms with van der Waals surface area (Å²) >= 11 is 0. The number of non-ortho nitro benzene ring substituents is 1. The van der Waals surface area contributed by atoms with Crippen LogP contribution in [0.15, 0.2) is 48.5 Å². The van der Waals surface area contributed by atoms with E-state index in [0.29, 0.717) is 0 Å². The van der Waals surface area contributed by atoms with Crippen LogP contribution >= 0.6 is 0 Å². The number of fused-ring (bicyclic) bond motifs is 1. The van der Waals surface area contributed by atoms with Gasteiger partial charge >= 0.3 is 0 Å². The van der Waals surface area contributed by atoms with Crippen molar-refractivity contribution < 1.29 is 4.92 Å². The van der Waals surface area contributed by atoms with E-state index in [1.807, 2.05) is 6.07 Å². The lowest BCUT2D eigenvalue weighted by Crippen LogP contribution is -2.00. The van der Waals surface area contributed by atoms with Crippen LogP contribution in [0.5, 0.6) is 0 Å². The Morgan fingerprint density at radius 3 is 2.69 bits per heavy atom. The maximum Gasteiger partial charge on any atom is 0.270 e. The van der Waals surface area contributed by atoms with Gasteiger partial charge in [0.05, 0.1) is 10.6 Å². The molecule has 0 N–H and O–H groups in total. The highest BCUT2D eigenvalue weighted by Crippen LogP contribution is 2.41. The van der Waals surface area contributed by atoms with E-state index in [9.17, 15) is 10.1 Å². The van der Waals surface area contributed by atoms with Crippen molar-refractivity contribution in [1.82, 2.24) is 4.57 Å². The Morgan fingerprint density at radius 2 is 1.96 bits per heavy atom. The number of hydrogen-bond donors (Lipinski definition) is 0. The summed E-state index contributed by atoms with van der Waals surface area (Å²) in [4.78, 5) is 11.0. The molecule has 132 valence electrons. The quantitative estimate of drug-likeness (QED) is 0.430. The zero-order chi connectivity index (χ0) is 18.3. The lowest BCUT2D eigenvalue weighted by Gasteiger charge is -2.16. The third-order valence-corrected chi connectivity index (χ3v) is 5.30. The van der Waals surface area contributed by atoms with Crippen LogP contribution in [0.25, 0.3) is 27.6 Å². The maximum absolute atomic E-state index is 11.3. The molecule has 0 bridgehead atoms. The van der Waals surface area contributed by atoms with E-state index in [-0.39, 0.29) is 10.6 Å². The van der Waals surface area contributed by atoms with E-state index in [1.165, 1.54) is 35.2 Å². The molecule has 1 aliphatic carbocycles. The Labute approximate surface area is 152 Å². The third kappa shape index (κ3) is 2.71. The van der Waals surface area contributed by atoms with Crippen LogP contribution in [0.4, 0.5) is 5.69 Å². The monoisotopic (exact) mass is 346 g/mol. The molecule has 0 fully saturated rings. The second kappa shape index (κ2) is 6.45. The minimum Gasteiger partial charge on any atom is -0.343 e. The smallest absolute Gasteiger partial charge is 0.270 e. The van der Waals surface area contributed by atoms with E-state index in [4.69, 9.17) is 0 Å². The number of nitro benzene ring substituents is 1. The molecule has 0 atom stereocenters. The number of benzene rings is 2. The van der Waals surface area contributed by atoms with Crippen molar-refractivity contribution in [2.45, 2.75) is 32.6 Å². The van der Waals surface area contributed by atoms with Gasteiger partial charge in [0.15, 0.2) is 0 Å². The van der Waals surface area contributed by atoms with Crippen LogP contribution < -0.4 is 0 Å². The summed E-state index contributed by atoms with van der Waals surface area (Å²) in [7, 11) is 2.10. The molecule has 0 amide bonds. The Morgan fingerprint density at radius 1 is 1.12 bits per heavy atom. The van der Waals surface area contributed by atoms with Crippen LogP contribution in [0.3, 0.4) is 0 Å². The molecule has 26 heavy (non-hydrogen) atoms. The Balaban J connectivity index is 2.06. The van der Waals surface area contributed by atoms with E-state index < -0.39 is 0 Å². The first-order valence-corrected chi connectivity index (χ1v) is 9.09. The van der Waals surface area contributed by atoms with E-state index in [0.717, 1.165) is 29.4 Å². The summed E-state index contributed by atoms with van der Waals surface area (Å²) < 4.78 is 2.25. The molecule has 0 unspecified atom stereocenters. The molecule has 3 aromatic rings. The summed E-state index contributed by atoms with van der Waals surface area (Å²) in [6.45, 7) is 2.09. The van der Waals surface area contributed by atoms with Crippen LogP contribution in [0.2, 0.25) is 0 Å². The van der Waals surface area contributed by atoms with Gasteiger partial charge in [0.2, 0.25) is 0 Å². The molecule has 0 aliphatic heterocycles. The number of nitro groups is 1. The van der Waals surface area contributed by atoms with Gasteiger partial charge in [-0.25, -0.2) is 0 Å². The topological polar surface area (TPSA) is 48.1 Å². The fourth-order valence-corrected chi connectivity index (χ4v) is 4.05. The summed E-state index contributed by atoms with van der Waals surface area (Å²) in [5, 5.41) is 12.4. The van der Waals surface area contributed by atoms with Crippen molar-refractivity contribution in [3.63, 3.8) is 0 Å². The van der Waals surface area contributed by atoms with Crippen LogP contribution in [-0.2, 0) is 7.05 Å². The molecule has 0 saturated heterocycles. The first kappa shape index (κ1) is 16.6. The molecule has 0 radical (unpaired) electrons. The lowest BCUT2D eigenvalue weighted by molar-refractivity contribution is -0.384. The average molecular weight is 346 g/mol. The highest BCUT2D eigenvalue weighted by atomic mass is 16.6. The van der Waals surface area contributed by atoms with E-state index in [2.05, 4.69) is 42.8 Å². The van der Waals surface area contributed by atoms with Crippen molar-refractivity contribution in [2.75, 3.05) is 0 Å². The molecule has 0 saturated carbocycles. The van der Waals surface area contributed by atoms with Crippen molar-refractivity contribution in [3.05, 3.63) is 69.9 Å². The number of aromatic nitrogens is 1. The molecular formula is C22H22N2O2. The second-order valence-corrected chi connectivity index (χ2v) is 7.09. The molecule has 1 aromatic heterocycles. The Hall–Kier alpha value is -2.88. The SMILES string of the molecule is Cc1ccc2c(c1)c(-c1cccc([N+](=O)[O-])c1)c(C1=CCCCC1)n2C. The van der Waals surface area contributed by atoms with Gasteiger partial charge in [0.25, 0.3) is 5.69 Å². The molecule has 1 aliphatic rings. The van der Waals surface area contributed by atoms with Crippen molar-refractivity contribution in [2.24, 2.45) is 7.05 Å². The van der Waals surface area contributed by atoms with Crippen LogP contribution in [-0.4, -0.2) is 9.49 Å². The maximum atomic E-state index is 11.3. The zero-order valence-corrected chi connectivity index (χ0v) is 15.2. The highest BCUT2D eigenvalue weighted by Gasteiger charge is 2.22. The number of rotatable bonds is 3. The van der Waals surface area contributed by atoms with Crippen LogP contribution in [0, 0.1) is 17.0 Å². The van der Waals surface area contributed by atoms with Gasteiger partial charge in [0, 0.05) is 35.6 Å². The fraction of sp³-hybridized carbons (Fsp3) is 0.273. The summed E-state index contributed by atoms with van der Waals surface area (Å²) in [6, 6.07) is 13.5. The Bertz CT molecular complexity index is 1040. The Kier molecular flexibility index (Phi) is 4.11. The minimum atomic E-state index is -0.320. The van der Waals surface area contributed by atoms with E-state index >= 15 is 0 Å². The van der Waals surface area contributed by atoms with E-state index in [1.54, 1.807) is 18.2 Å². The number of hydrogen-bond acceptors (Lipinski definition) is 2. The lowest BCUT2D eigenvalue weighted by atomic mass is 9.91. The number of allylic oxidation sites excluding steroid dienone is 2. The second-order valence-electron chi connectivity index (χ2n) is 7.09. The minimum absolute atomic E-state index is 0.135. The van der Waals surface area contributed by atoms with Gasteiger partial charge < -0.3 is 4.57 Å². The normalized spacial score (nSPS) is 14.5. The molecule has 4 heteroatoms. The first-order chi connectivity index (χ1) is 12.6. The van der Waals surface area contributed by atoms with Crippen molar-refractivity contribution in [3.8, 4) is 11.1 Å². The van der Waals surface area contributed by atoms with Gasteiger partial charge in [-0.15, -0.1) is 0 Å². The molecule has 0 spiro atoms. The van der Waals surface area contributed by atoms with Crippen molar-refractivity contribution in [1.29, 1.82) is 0 Å². The van der Waals surface area contributed by atoms with Gasteiger partial charge in [-0.3, -0.25) is 10.1 Å². The molecule has 4 rings (SSSR count). The van der Waals surface area contributed by atoms with Crippen molar-refractivity contribution >= 4 is 22.2 Å². The third-order valence-electron chi connectivity index (χ3n) is 5.30. The largest absolute Gasteiger partial charge is 0.343 e. The first-order valence-electron chi connectivity index (χ1n) is 9.09. The highest BCUT2D eigenvalue weighted by molar-refractivity contribution is 6.03. The standard InChI is InChI=1S/C22H22N2O2/c1-15-11-12-20-19(13-15)21(17-9-6-10-18(14-17)24(25)26)22(23(20)2)16-7-4-3-5-8-16/h6-7,9-14H,3-5,8H2,1-2H3. The predicted octanol–water partition coefficient (Wildman–Crippen LogP) is 6.02. The molecular weight excluding hydrogens is 324 g/mol. The number of aryl methyl sites for hydroxylation is 2. The molecule has 4 nitrogen and oxygen atoms in total. The number of nitrogens with zero attached hydrogens (tertiary/aromatic N) is 2. The van der Waals surface area contributed by atoms with Gasteiger partial charge in [-0.05, 0) is 55.9 Å². The summed E-state index contributed by atoms with van der Waals surface area (Å²) in [6.07, 6.45) is 6.93. The zero-order valence-electron chi connectivity index (χ0n) is 15.2. The average Bonchev–Trinajstić information content (AvgIpc) is 2.94. The fourth-order valence-electron chi connectivity index (χ4n) is 4.05. The van der Waals surface area contributed by atoms with Gasteiger partial charge in [-0.1, -0.05) is 29.8 Å². The molecule has 2 aromatic carbocycles. The van der Waals surface area contributed by atoms with Crippen LogP contribution in [0.1, 0.15) is 36.9 Å². The molecule has 1 heterocycles. The summed E-state index contributed by atoms with van der Waals surface area (Å²) in [5.74, 6) is 0.